The maximum Gasteiger partial charge on any atom is 0.420 e. The minimum absolute atomic E-state index is 0.0765. The lowest BCUT2D eigenvalue weighted by molar-refractivity contribution is -0.267. The number of imidazole rings is 1. The van der Waals surface area contributed by atoms with Crippen LogP contribution in [0.5, 0.6) is 5.75 Å². The van der Waals surface area contributed by atoms with E-state index in [9.17, 15) is 31.9 Å². The van der Waals surface area contributed by atoms with Crippen molar-refractivity contribution in [2.24, 2.45) is 0 Å². The van der Waals surface area contributed by atoms with Crippen molar-refractivity contribution >= 4 is 22.9 Å². The lowest BCUT2D eigenvalue weighted by atomic mass is 9.94. The molecule has 4 aromatic rings. The fourth-order valence-corrected chi connectivity index (χ4v) is 5.97. The van der Waals surface area contributed by atoms with Crippen LogP contribution in [0.3, 0.4) is 0 Å². The zero-order valence-corrected chi connectivity index (χ0v) is 21.3. The van der Waals surface area contributed by atoms with Crippen molar-refractivity contribution in [3.8, 4) is 16.9 Å². The van der Waals surface area contributed by atoms with Gasteiger partial charge in [-0.1, -0.05) is 12.1 Å². The predicted molar refractivity (Wildman–Crippen MR) is 135 cm³/mol. The smallest absolute Gasteiger partial charge is 0.420 e. The van der Waals surface area contributed by atoms with E-state index in [4.69, 9.17) is 9.72 Å². The van der Waals surface area contributed by atoms with Gasteiger partial charge in [0.05, 0.1) is 41.9 Å². The van der Waals surface area contributed by atoms with Gasteiger partial charge in [-0.25, -0.2) is 15.0 Å². The summed E-state index contributed by atoms with van der Waals surface area (Å²) in [6.45, 7) is -2.67. The second kappa shape index (κ2) is 8.59. The van der Waals surface area contributed by atoms with Crippen molar-refractivity contribution in [2.45, 2.75) is 43.8 Å². The van der Waals surface area contributed by atoms with Crippen LogP contribution in [0.2, 0.25) is 0 Å². The van der Waals surface area contributed by atoms with Crippen molar-refractivity contribution in [2.75, 3.05) is 18.0 Å². The van der Waals surface area contributed by atoms with Crippen LogP contribution in [-0.4, -0.2) is 62.0 Å². The van der Waals surface area contributed by atoms with Crippen LogP contribution in [0.1, 0.15) is 45.9 Å². The summed E-state index contributed by atoms with van der Waals surface area (Å²) >= 11 is 0. The monoisotopic (exact) mass is 572 g/mol. The molecule has 1 amide bonds. The van der Waals surface area contributed by atoms with E-state index in [0.717, 1.165) is 0 Å². The Labute approximate surface area is 228 Å². The summed E-state index contributed by atoms with van der Waals surface area (Å²) in [5, 5.41) is 12.7. The Morgan fingerprint density at radius 3 is 2.63 bits per heavy atom. The van der Waals surface area contributed by atoms with Gasteiger partial charge >= 0.3 is 12.8 Å². The number of hydrogen-bond donors (Lipinski definition) is 2. The topological polar surface area (TPSA) is 105 Å². The zero-order chi connectivity index (χ0) is 28.8. The number of nitrogens with one attached hydrogen (secondary N) is 1. The van der Waals surface area contributed by atoms with E-state index >= 15 is 0 Å². The molecule has 2 atom stereocenters. The summed E-state index contributed by atoms with van der Waals surface area (Å²) < 4.78 is 72.4. The van der Waals surface area contributed by atoms with Crippen molar-refractivity contribution in [1.29, 1.82) is 0 Å². The molecule has 2 aromatic heterocycles. The Hall–Kier alpha value is -4.33. The number of ether oxygens (including phenoxy) is 1. The molecule has 0 aliphatic carbocycles. The van der Waals surface area contributed by atoms with E-state index in [1.165, 1.54) is 23.2 Å². The molecule has 1 saturated heterocycles. The maximum absolute atomic E-state index is 13.3. The molecule has 2 N–H and O–H groups in total. The Morgan fingerprint density at radius 1 is 1.15 bits per heavy atom. The molecule has 9 nitrogen and oxygen atoms in total. The number of benzene rings is 2. The lowest BCUT2D eigenvalue weighted by Gasteiger charge is -2.46. The van der Waals surface area contributed by atoms with E-state index in [0.29, 0.717) is 45.7 Å². The number of rotatable bonds is 4. The van der Waals surface area contributed by atoms with Gasteiger partial charge in [0.15, 0.2) is 5.60 Å². The summed E-state index contributed by atoms with van der Waals surface area (Å²) in [5.74, 6) is 0.198. The average molecular weight is 572 g/mol. The van der Waals surface area contributed by atoms with Crippen molar-refractivity contribution < 1.29 is 36.6 Å². The van der Waals surface area contributed by atoms with Crippen LogP contribution in [-0.2, 0) is 0 Å². The molecule has 0 radical (unpaired) electrons. The second-order valence-electron chi connectivity index (χ2n) is 10.5. The number of alkyl halides is 5. The van der Waals surface area contributed by atoms with Crippen molar-refractivity contribution in [3.63, 3.8) is 0 Å². The highest BCUT2D eigenvalue weighted by atomic mass is 19.4. The molecular weight excluding hydrogens is 551 g/mol. The van der Waals surface area contributed by atoms with Gasteiger partial charge in [0.1, 0.15) is 11.6 Å². The first-order chi connectivity index (χ1) is 19.4. The minimum Gasteiger partial charge on any atom is -0.434 e. The molecule has 7 rings (SSSR count). The lowest BCUT2D eigenvalue weighted by Crippen LogP contribution is -2.69. The molecule has 41 heavy (non-hydrogen) atoms. The molecule has 1 fully saturated rings. The van der Waals surface area contributed by atoms with Crippen molar-refractivity contribution in [1.82, 2.24) is 24.8 Å². The zero-order valence-electron chi connectivity index (χ0n) is 21.3. The van der Waals surface area contributed by atoms with Crippen LogP contribution in [0, 0.1) is 6.92 Å². The van der Waals surface area contributed by atoms with Crippen LogP contribution < -0.4 is 15.0 Å². The summed E-state index contributed by atoms with van der Waals surface area (Å²) in [6.07, 6.45) is -2.83. The van der Waals surface area contributed by atoms with E-state index in [-0.39, 0.29) is 17.3 Å². The second-order valence-corrected chi connectivity index (χ2v) is 10.5. The molecular formula is C27H21F5N6O3. The first-order valence-electron chi connectivity index (χ1n) is 12.7. The molecule has 3 aliphatic rings. The fraction of sp³-hybridized carbons (Fsp3) is 0.333. The fourth-order valence-electron chi connectivity index (χ4n) is 5.97. The van der Waals surface area contributed by atoms with E-state index < -0.39 is 49.5 Å². The Kier molecular flexibility index (Phi) is 5.37. The third-order valence-corrected chi connectivity index (χ3v) is 7.96. The van der Waals surface area contributed by atoms with Gasteiger partial charge < -0.3 is 24.6 Å². The van der Waals surface area contributed by atoms with Gasteiger partial charge in [-0.15, -0.1) is 0 Å². The molecule has 2 aromatic carbocycles. The average Bonchev–Trinajstić information content (AvgIpc) is 3.37. The van der Waals surface area contributed by atoms with E-state index in [1.807, 2.05) is 16.7 Å². The number of aliphatic hydroxyl groups is 1. The SMILES string of the molecule is Cc1nc(N2CC(O)(C(F)(F)F)C2)ncc1-c1ccc2nc3n(c2c1)[C@@H]1C[C@H]3NC(=O)c2cccc(OC(F)F)c21. The van der Waals surface area contributed by atoms with Gasteiger partial charge in [0.2, 0.25) is 5.95 Å². The molecule has 212 valence electrons. The molecule has 0 saturated carbocycles. The third-order valence-electron chi connectivity index (χ3n) is 7.96. The molecule has 0 unspecified atom stereocenters. The number of amides is 1. The molecule has 5 heterocycles. The van der Waals surface area contributed by atoms with Gasteiger partial charge in [-0.05, 0) is 43.2 Å². The normalized spacial score (nSPS) is 20.9. The summed E-state index contributed by atoms with van der Waals surface area (Å²) in [5.41, 5.74) is 0.999. The van der Waals surface area contributed by atoms with Crippen LogP contribution in [0.25, 0.3) is 22.2 Å². The first-order valence-corrected chi connectivity index (χ1v) is 12.7. The number of anilines is 1. The highest BCUT2D eigenvalue weighted by molar-refractivity contribution is 5.98. The van der Waals surface area contributed by atoms with Crippen LogP contribution >= 0.6 is 0 Å². The van der Waals surface area contributed by atoms with Gasteiger partial charge in [0.25, 0.3) is 5.91 Å². The van der Waals surface area contributed by atoms with Gasteiger partial charge in [0, 0.05) is 22.9 Å². The molecule has 3 aliphatic heterocycles. The highest BCUT2D eigenvalue weighted by Crippen LogP contribution is 2.48. The standard InChI is InChI=1S/C27H21F5N6O3/c1-12-15(9-33-25(34-12)37-10-26(40,11-37)27(30,31)32)13-5-6-16-18(7-13)38-19-8-17(22(38)35-16)36-23(39)14-3-2-4-20(21(14)19)41-24(28)29/h2-7,9,17,19,24,40H,8,10-11H2,1H3,(H,36,39)/t17-,19-/m1/s1. The molecule has 0 spiro atoms. The number of nitrogens with zero attached hydrogens (tertiary/aromatic N) is 5. The Bertz CT molecular complexity index is 1730. The van der Waals surface area contributed by atoms with Crippen molar-refractivity contribution in [3.05, 3.63) is 65.2 Å². The number of carbonyl (C=O) groups excluding carboxylic acids is 1. The number of aromatic nitrogens is 4. The quantitative estimate of drug-likeness (QED) is 0.352. The highest BCUT2D eigenvalue weighted by Gasteiger charge is 2.61. The first kappa shape index (κ1) is 25.6. The minimum atomic E-state index is -4.74. The number of halogens is 5. The van der Waals surface area contributed by atoms with E-state index in [2.05, 4.69) is 15.3 Å². The van der Waals surface area contributed by atoms with E-state index in [1.54, 1.807) is 19.1 Å². The van der Waals surface area contributed by atoms with Crippen LogP contribution in [0.15, 0.2) is 42.6 Å². The number of aryl methyl sites for hydroxylation is 1. The third kappa shape index (κ3) is 3.84. The molecule has 2 bridgehead atoms. The number of hydrogen-bond acceptors (Lipinski definition) is 7. The summed E-state index contributed by atoms with van der Waals surface area (Å²) in [6, 6.07) is 9.00. The van der Waals surface area contributed by atoms with Gasteiger partial charge in [-0.3, -0.25) is 4.79 Å². The largest absolute Gasteiger partial charge is 0.434 e. The van der Waals surface area contributed by atoms with Crippen LogP contribution in [0.4, 0.5) is 27.9 Å². The summed E-state index contributed by atoms with van der Waals surface area (Å²) in [7, 11) is 0. The number of β-amino-alcohol motifs (C(OH)–C–C–N with tert-alkyl or cyclic N) is 1. The number of fused-ring (bicyclic) bond motifs is 9. The Morgan fingerprint density at radius 2 is 1.93 bits per heavy atom. The Balaban J connectivity index is 1.27. The molecule has 14 heteroatoms. The predicted octanol–water partition coefficient (Wildman–Crippen LogP) is 4.29. The maximum atomic E-state index is 13.3. The number of carbonyl (C=O) groups is 1. The summed E-state index contributed by atoms with van der Waals surface area (Å²) in [4.78, 5) is 27.6. The van der Waals surface area contributed by atoms with Gasteiger partial charge in [-0.2, -0.15) is 22.0 Å².